The molecule has 0 unspecified atom stereocenters. The van der Waals surface area contributed by atoms with E-state index in [9.17, 15) is 4.79 Å². The predicted molar refractivity (Wildman–Crippen MR) is 75.8 cm³/mol. The standard InChI is InChI=1S/C17H24O/c1-3-14-4-8-16(9-5-14)17-10-6-15(7-11-17)12-13(2)18/h4-5,8-9,15,17H,3,6-7,10-12H2,1-2H3. The third-order valence-corrected chi connectivity index (χ3v) is 4.28. The third kappa shape index (κ3) is 3.44. The van der Waals surface area contributed by atoms with Gasteiger partial charge in [0.15, 0.2) is 0 Å². The molecule has 1 aromatic rings. The second-order valence-corrected chi connectivity index (χ2v) is 5.72. The highest BCUT2D eigenvalue weighted by Gasteiger charge is 2.22. The number of carbonyl (C=O) groups is 1. The summed E-state index contributed by atoms with van der Waals surface area (Å²) in [4.78, 5) is 11.1. The van der Waals surface area contributed by atoms with E-state index < -0.39 is 0 Å². The molecule has 0 aromatic heterocycles. The van der Waals surface area contributed by atoms with E-state index in [1.165, 1.54) is 36.8 Å². The topological polar surface area (TPSA) is 17.1 Å². The minimum absolute atomic E-state index is 0.353. The SMILES string of the molecule is CCc1ccc(C2CCC(CC(C)=O)CC2)cc1. The number of hydrogen-bond donors (Lipinski definition) is 0. The van der Waals surface area contributed by atoms with Crippen LogP contribution in [0.3, 0.4) is 0 Å². The highest BCUT2D eigenvalue weighted by atomic mass is 16.1. The molecule has 1 aliphatic carbocycles. The fraction of sp³-hybridized carbons (Fsp3) is 0.588. The lowest BCUT2D eigenvalue weighted by molar-refractivity contribution is -0.118. The summed E-state index contributed by atoms with van der Waals surface area (Å²) in [7, 11) is 0. The van der Waals surface area contributed by atoms with E-state index in [2.05, 4.69) is 31.2 Å². The molecule has 1 nitrogen and oxygen atoms in total. The Morgan fingerprint density at radius 2 is 1.72 bits per heavy atom. The number of rotatable bonds is 4. The van der Waals surface area contributed by atoms with Crippen molar-refractivity contribution in [2.45, 2.75) is 58.3 Å². The summed E-state index contributed by atoms with van der Waals surface area (Å²) >= 11 is 0. The van der Waals surface area contributed by atoms with E-state index in [0.29, 0.717) is 11.7 Å². The maximum Gasteiger partial charge on any atom is 0.130 e. The van der Waals surface area contributed by atoms with Crippen molar-refractivity contribution in [3.63, 3.8) is 0 Å². The van der Waals surface area contributed by atoms with Crippen LogP contribution in [0.1, 0.15) is 63.0 Å². The second-order valence-electron chi connectivity index (χ2n) is 5.72. The van der Waals surface area contributed by atoms with Gasteiger partial charge in [-0.15, -0.1) is 0 Å². The molecule has 0 heterocycles. The summed E-state index contributed by atoms with van der Waals surface area (Å²) in [6, 6.07) is 9.12. The third-order valence-electron chi connectivity index (χ3n) is 4.28. The van der Waals surface area contributed by atoms with Gasteiger partial charge < -0.3 is 4.79 Å². The summed E-state index contributed by atoms with van der Waals surface area (Å²) in [6.07, 6.45) is 6.86. The van der Waals surface area contributed by atoms with Crippen LogP contribution in [0.15, 0.2) is 24.3 Å². The summed E-state index contributed by atoms with van der Waals surface area (Å²) < 4.78 is 0. The maximum atomic E-state index is 11.1. The van der Waals surface area contributed by atoms with Crippen LogP contribution >= 0.6 is 0 Å². The van der Waals surface area contributed by atoms with Crippen LogP contribution in [0.2, 0.25) is 0 Å². The molecule has 0 bridgehead atoms. The van der Waals surface area contributed by atoms with Gasteiger partial charge in [0.05, 0.1) is 0 Å². The van der Waals surface area contributed by atoms with Crippen molar-refractivity contribution in [3.05, 3.63) is 35.4 Å². The lowest BCUT2D eigenvalue weighted by Crippen LogP contribution is -2.15. The Balaban J connectivity index is 1.90. The molecule has 18 heavy (non-hydrogen) atoms. The first-order valence-corrected chi connectivity index (χ1v) is 7.27. The molecule has 1 aromatic carbocycles. The Labute approximate surface area is 111 Å². The molecule has 0 saturated heterocycles. The molecule has 0 amide bonds. The van der Waals surface area contributed by atoms with Crippen LogP contribution in [0.4, 0.5) is 0 Å². The van der Waals surface area contributed by atoms with Crippen LogP contribution in [-0.4, -0.2) is 5.78 Å². The number of carbonyl (C=O) groups excluding carboxylic acids is 1. The van der Waals surface area contributed by atoms with Gasteiger partial charge in [-0.25, -0.2) is 0 Å². The van der Waals surface area contributed by atoms with Gasteiger partial charge in [0.25, 0.3) is 0 Å². The van der Waals surface area contributed by atoms with E-state index in [1.807, 2.05) is 0 Å². The Bertz CT molecular complexity index is 383. The molecule has 1 aliphatic rings. The number of ketones is 1. The van der Waals surface area contributed by atoms with Crippen LogP contribution in [0.25, 0.3) is 0 Å². The summed E-state index contributed by atoms with van der Waals surface area (Å²) in [5.41, 5.74) is 2.91. The first kappa shape index (κ1) is 13.3. The van der Waals surface area contributed by atoms with Gasteiger partial charge in [-0.05, 0) is 62.0 Å². The van der Waals surface area contributed by atoms with Gasteiger partial charge in [-0.1, -0.05) is 31.2 Å². The highest BCUT2D eigenvalue weighted by molar-refractivity contribution is 5.75. The molecule has 98 valence electrons. The van der Waals surface area contributed by atoms with Crippen molar-refractivity contribution in [1.29, 1.82) is 0 Å². The van der Waals surface area contributed by atoms with Gasteiger partial charge in [0.1, 0.15) is 5.78 Å². The van der Waals surface area contributed by atoms with E-state index in [1.54, 1.807) is 6.92 Å². The lowest BCUT2D eigenvalue weighted by atomic mass is 9.77. The van der Waals surface area contributed by atoms with Crippen LogP contribution in [-0.2, 0) is 11.2 Å². The molecule has 0 atom stereocenters. The molecular formula is C17H24O. The van der Waals surface area contributed by atoms with Gasteiger partial charge in [0.2, 0.25) is 0 Å². The van der Waals surface area contributed by atoms with Gasteiger partial charge in [-0.2, -0.15) is 0 Å². The lowest BCUT2D eigenvalue weighted by Gasteiger charge is -2.28. The smallest absolute Gasteiger partial charge is 0.130 e. The Hall–Kier alpha value is -1.11. The normalized spacial score (nSPS) is 23.9. The minimum Gasteiger partial charge on any atom is -0.300 e. The zero-order valence-electron chi connectivity index (χ0n) is 11.6. The van der Waals surface area contributed by atoms with Crippen molar-refractivity contribution in [2.75, 3.05) is 0 Å². The van der Waals surface area contributed by atoms with Crippen molar-refractivity contribution >= 4 is 5.78 Å². The fourth-order valence-electron chi connectivity index (χ4n) is 3.13. The van der Waals surface area contributed by atoms with Crippen molar-refractivity contribution < 1.29 is 4.79 Å². The first-order valence-electron chi connectivity index (χ1n) is 7.27. The van der Waals surface area contributed by atoms with Crippen LogP contribution in [0, 0.1) is 5.92 Å². The second kappa shape index (κ2) is 6.17. The van der Waals surface area contributed by atoms with Gasteiger partial charge in [-0.3, -0.25) is 0 Å². The number of aryl methyl sites for hydroxylation is 1. The van der Waals surface area contributed by atoms with Gasteiger partial charge in [0, 0.05) is 6.42 Å². The summed E-state index contributed by atoms with van der Waals surface area (Å²) in [5.74, 6) is 1.72. The van der Waals surface area contributed by atoms with E-state index in [-0.39, 0.29) is 0 Å². The predicted octanol–water partition coefficient (Wildman–Crippen LogP) is 4.50. The van der Waals surface area contributed by atoms with Crippen LogP contribution < -0.4 is 0 Å². The molecule has 1 heteroatoms. The van der Waals surface area contributed by atoms with E-state index in [0.717, 1.165) is 18.8 Å². The molecule has 1 saturated carbocycles. The molecule has 2 rings (SSSR count). The zero-order valence-corrected chi connectivity index (χ0v) is 11.6. The van der Waals surface area contributed by atoms with E-state index >= 15 is 0 Å². The molecule has 0 radical (unpaired) electrons. The number of benzene rings is 1. The molecule has 0 spiro atoms. The number of hydrogen-bond acceptors (Lipinski definition) is 1. The number of Topliss-reactive ketones (excluding diaryl/α,β-unsaturated/α-hetero) is 1. The van der Waals surface area contributed by atoms with Gasteiger partial charge >= 0.3 is 0 Å². The first-order chi connectivity index (χ1) is 8.69. The average molecular weight is 244 g/mol. The van der Waals surface area contributed by atoms with Crippen molar-refractivity contribution in [3.8, 4) is 0 Å². The summed E-state index contributed by atoms with van der Waals surface area (Å²) in [6.45, 7) is 3.91. The van der Waals surface area contributed by atoms with Crippen molar-refractivity contribution in [2.24, 2.45) is 5.92 Å². The highest BCUT2D eigenvalue weighted by Crippen LogP contribution is 2.37. The van der Waals surface area contributed by atoms with Crippen molar-refractivity contribution in [1.82, 2.24) is 0 Å². The Morgan fingerprint density at radius 1 is 1.11 bits per heavy atom. The molecule has 0 aliphatic heterocycles. The quantitative estimate of drug-likeness (QED) is 0.762. The molecule has 1 fully saturated rings. The minimum atomic E-state index is 0.353. The zero-order chi connectivity index (χ0) is 13.0. The summed E-state index contributed by atoms with van der Waals surface area (Å²) in [5, 5.41) is 0. The van der Waals surface area contributed by atoms with E-state index in [4.69, 9.17) is 0 Å². The Morgan fingerprint density at radius 3 is 2.22 bits per heavy atom. The maximum absolute atomic E-state index is 11.1. The largest absolute Gasteiger partial charge is 0.300 e. The Kier molecular flexibility index (Phi) is 4.57. The monoisotopic (exact) mass is 244 g/mol. The van der Waals surface area contributed by atoms with Crippen LogP contribution in [0.5, 0.6) is 0 Å². The fourth-order valence-corrected chi connectivity index (χ4v) is 3.13. The average Bonchev–Trinajstić information content (AvgIpc) is 2.39. The molecule has 0 N–H and O–H groups in total. The molecular weight excluding hydrogens is 220 g/mol.